The standard InChI is InChI=1S/C16H12FNO5S/c1-7-9(5-12(20)21)14-10(2-3-11(19)15(14)17)18(7)16(23)8-4-13(22)24-6-8/h2-4,6,19,22H,5H2,1H3,(H,20,21). The highest BCUT2D eigenvalue weighted by atomic mass is 32.1. The molecule has 0 atom stereocenters. The summed E-state index contributed by atoms with van der Waals surface area (Å²) in [5, 5.41) is 29.4. The van der Waals surface area contributed by atoms with E-state index in [-0.39, 0.29) is 32.8 Å². The lowest BCUT2D eigenvalue weighted by atomic mass is 10.1. The summed E-state index contributed by atoms with van der Waals surface area (Å²) in [5.41, 5.74) is 0.758. The summed E-state index contributed by atoms with van der Waals surface area (Å²) in [6, 6.07) is 3.75. The number of benzene rings is 1. The van der Waals surface area contributed by atoms with Gasteiger partial charge in [0.1, 0.15) is 0 Å². The number of aliphatic carboxylic acids is 1. The van der Waals surface area contributed by atoms with Crippen LogP contribution in [0.15, 0.2) is 23.6 Å². The number of rotatable bonds is 3. The van der Waals surface area contributed by atoms with Gasteiger partial charge in [0.25, 0.3) is 5.91 Å². The fraction of sp³-hybridized carbons (Fsp3) is 0.125. The lowest BCUT2D eigenvalue weighted by Gasteiger charge is -2.06. The number of halogens is 1. The molecule has 0 saturated heterocycles. The lowest BCUT2D eigenvalue weighted by molar-refractivity contribution is -0.136. The van der Waals surface area contributed by atoms with Gasteiger partial charge in [-0.3, -0.25) is 14.2 Å². The quantitative estimate of drug-likeness (QED) is 0.675. The number of carboxylic acid groups (broad SMARTS) is 1. The van der Waals surface area contributed by atoms with Crippen LogP contribution in [0.1, 0.15) is 21.6 Å². The normalized spacial score (nSPS) is 11.1. The lowest BCUT2D eigenvalue weighted by Crippen LogP contribution is -2.13. The van der Waals surface area contributed by atoms with E-state index in [9.17, 15) is 24.2 Å². The highest BCUT2D eigenvalue weighted by Crippen LogP contribution is 2.34. The molecule has 24 heavy (non-hydrogen) atoms. The smallest absolute Gasteiger partial charge is 0.307 e. The van der Waals surface area contributed by atoms with Crippen molar-refractivity contribution in [2.75, 3.05) is 0 Å². The molecule has 3 aromatic rings. The number of hydrogen-bond donors (Lipinski definition) is 3. The van der Waals surface area contributed by atoms with Gasteiger partial charge in [-0.1, -0.05) is 0 Å². The van der Waals surface area contributed by atoms with Crippen molar-refractivity contribution in [3.63, 3.8) is 0 Å². The minimum absolute atomic E-state index is 0.0398. The molecule has 0 bridgehead atoms. The molecule has 0 fully saturated rings. The van der Waals surface area contributed by atoms with Crippen LogP contribution >= 0.6 is 11.3 Å². The third-order valence-electron chi connectivity index (χ3n) is 3.78. The predicted octanol–water partition coefficient (Wildman–Crippen LogP) is 2.88. The molecular weight excluding hydrogens is 337 g/mol. The van der Waals surface area contributed by atoms with Gasteiger partial charge < -0.3 is 15.3 Å². The third kappa shape index (κ3) is 2.41. The number of aromatic nitrogens is 1. The van der Waals surface area contributed by atoms with Crippen molar-refractivity contribution in [2.45, 2.75) is 13.3 Å². The van der Waals surface area contributed by atoms with Gasteiger partial charge in [0.2, 0.25) is 0 Å². The molecule has 0 spiro atoms. The summed E-state index contributed by atoms with van der Waals surface area (Å²) < 4.78 is 15.6. The van der Waals surface area contributed by atoms with E-state index >= 15 is 0 Å². The number of nitrogens with zero attached hydrogens (tertiary/aromatic N) is 1. The molecule has 3 N–H and O–H groups in total. The fourth-order valence-electron chi connectivity index (χ4n) is 2.72. The monoisotopic (exact) mass is 349 g/mol. The minimum Gasteiger partial charge on any atom is -0.505 e. The van der Waals surface area contributed by atoms with Gasteiger partial charge in [0.15, 0.2) is 16.6 Å². The van der Waals surface area contributed by atoms with Crippen LogP contribution in [0.3, 0.4) is 0 Å². The van der Waals surface area contributed by atoms with E-state index in [1.165, 1.54) is 29.0 Å². The van der Waals surface area contributed by atoms with E-state index in [4.69, 9.17) is 5.11 Å². The van der Waals surface area contributed by atoms with Crippen LogP contribution in [-0.4, -0.2) is 31.8 Å². The number of carbonyl (C=O) groups excluding carboxylic acids is 1. The Morgan fingerprint density at radius 3 is 2.58 bits per heavy atom. The van der Waals surface area contributed by atoms with Crippen LogP contribution in [0.25, 0.3) is 10.9 Å². The molecular formula is C16H12FNO5S. The van der Waals surface area contributed by atoms with Gasteiger partial charge in [-0.2, -0.15) is 0 Å². The van der Waals surface area contributed by atoms with Gasteiger partial charge in [-0.05, 0) is 24.6 Å². The molecule has 2 heterocycles. The Morgan fingerprint density at radius 1 is 1.29 bits per heavy atom. The molecule has 0 amide bonds. The second-order valence-electron chi connectivity index (χ2n) is 5.24. The molecule has 0 radical (unpaired) electrons. The molecule has 8 heteroatoms. The average molecular weight is 349 g/mol. The summed E-state index contributed by atoms with van der Waals surface area (Å²) >= 11 is 0.975. The number of fused-ring (bicyclic) bond motifs is 1. The molecule has 0 saturated carbocycles. The molecule has 0 aliphatic heterocycles. The van der Waals surface area contributed by atoms with E-state index < -0.39 is 29.9 Å². The van der Waals surface area contributed by atoms with Crippen LogP contribution in [-0.2, 0) is 11.2 Å². The first-order valence-electron chi connectivity index (χ1n) is 6.86. The maximum absolute atomic E-state index is 14.4. The molecule has 0 aliphatic carbocycles. The van der Waals surface area contributed by atoms with Crippen molar-refractivity contribution in [1.29, 1.82) is 0 Å². The summed E-state index contributed by atoms with van der Waals surface area (Å²) in [6.45, 7) is 1.51. The molecule has 6 nitrogen and oxygen atoms in total. The molecule has 124 valence electrons. The first kappa shape index (κ1) is 16.0. The maximum atomic E-state index is 14.4. The van der Waals surface area contributed by atoms with Gasteiger partial charge in [-0.25, -0.2) is 4.39 Å². The first-order valence-corrected chi connectivity index (χ1v) is 7.74. The van der Waals surface area contributed by atoms with Crippen LogP contribution in [0.2, 0.25) is 0 Å². The Balaban J connectivity index is 2.32. The van der Waals surface area contributed by atoms with Gasteiger partial charge in [0.05, 0.1) is 17.5 Å². The van der Waals surface area contributed by atoms with Crippen LogP contribution in [0.4, 0.5) is 4.39 Å². The number of aromatic hydroxyl groups is 2. The van der Waals surface area contributed by atoms with Crippen molar-refractivity contribution in [1.82, 2.24) is 4.57 Å². The number of thiophene rings is 1. The largest absolute Gasteiger partial charge is 0.505 e. The van der Waals surface area contributed by atoms with Gasteiger partial charge in [-0.15, -0.1) is 11.3 Å². The van der Waals surface area contributed by atoms with E-state index in [2.05, 4.69) is 0 Å². The number of hydrogen-bond acceptors (Lipinski definition) is 5. The second-order valence-corrected chi connectivity index (χ2v) is 6.13. The Morgan fingerprint density at radius 2 is 2.00 bits per heavy atom. The highest BCUT2D eigenvalue weighted by Gasteiger charge is 2.25. The van der Waals surface area contributed by atoms with E-state index in [0.29, 0.717) is 0 Å². The van der Waals surface area contributed by atoms with Crippen molar-refractivity contribution < 1.29 is 29.3 Å². The van der Waals surface area contributed by atoms with E-state index in [1.54, 1.807) is 0 Å². The van der Waals surface area contributed by atoms with Crippen molar-refractivity contribution in [2.24, 2.45) is 0 Å². The van der Waals surface area contributed by atoms with Crippen LogP contribution < -0.4 is 0 Å². The maximum Gasteiger partial charge on any atom is 0.307 e. The summed E-state index contributed by atoms with van der Waals surface area (Å²) in [7, 11) is 0. The number of carbonyl (C=O) groups is 2. The summed E-state index contributed by atoms with van der Waals surface area (Å²) in [5.74, 6) is -3.28. The molecule has 0 unspecified atom stereocenters. The molecule has 3 rings (SSSR count). The Labute approximate surface area is 139 Å². The fourth-order valence-corrected chi connectivity index (χ4v) is 3.33. The van der Waals surface area contributed by atoms with Gasteiger partial charge in [0, 0.05) is 22.5 Å². The topological polar surface area (TPSA) is 99.8 Å². The predicted molar refractivity (Wildman–Crippen MR) is 85.3 cm³/mol. The minimum atomic E-state index is -1.18. The third-order valence-corrected chi connectivity index (χ3v) is 4.51. The SMILES string of the molecule is Cc1c(CC(=O)O)c2c(F)c(O)ccc2n1C(=O)c1csc(O)c1. The average Bonchev–Trinajstić information content (AvgIpc) is 3.05. The van der Waals surface area contributed by atoms with Gasteiger partial charge >= 0.3 is 5.97 Å². The Kier molecular flexibility index (Phi) is 3.76. The van der Waals surface area contributed by atoms with Crippen LogP contribution in [0.5, 0.6) is 10.8 Å². The number of phenolic OH excluding ortho intramolecular Hbond substituents is 1. The zero-order chi connectivity index (χ0) is 17.6. The highest BCUT2D eigenvalue weighted by molar-refractivity contribution is 7.12. The second kappa shape index (κ2) is 5.64. The Hall–Kier alpha value is -2.87. The van der Waals surface area contributed by atoms with E-state index in [1.807, 2.05) is 0 Å². The van der Waals surface area contributed by atoms with Crippen molar-refractivity contribution in [3.8, 4) is 10.8 Å². The Bertz CT molecular complexity index is 988. The van der Waals surface area contributed by atoms with Crippen molar-refractivity contribution in [3.05, 3.63) is 46.2 Å². The summed E-state index contributed by atoms with van der Waals surface area (Å²) in [4.78, 5) is 23.8. The van der Waals surface area contributed by atoms with Crippen molar-refractivity contribution >= 4 is 34.1 Å². The van der Waals surface area contributed by atoms with E-state index in [0.717, 1.165) is 17.4 Å². The zero-order valence-electron chi connectivity index (χ0n) is 12.4. The number of carboxylic acids is 1. The molecule has 0 aliphatic rings. The number of phenols is 1. The van der Waals surface area contributed by atoms with Crippen LogP contribution in [0, 0.1) is 12.7 Å². The zero-order valence-corrected chi connectivity index (χ0v) is 13.2. The molecule has 2 aromatic heterocycles. The first-order chi connectivity index (χ1) is 11.3. The molecule has 1 aromatic carbocycles. The summed E-state index contributed by atoms with van der Waals surface area (Å²) in [6.07, 6.45) is -0.488.